The van der Waals surface area contributed by atoms with Gasteiger partial charge in [-0.15, -0.1) is 51.9 Å². The quantitative estimate of drug-likeness (QED) is 0.225. The van der Waals surface area contributed by atoms with Gasteiger partial charge in [-0.1, -0.05) is 61.5 Å². The summed E-state index contributed by atoms with van der Waals surface area (Å²) in [5, 5.41) is 5.39. The molecular weight excluding hydrogens is 428 g/mol. The second kappa shape index (κ2) is 12.9. The SMILES string of the molecule is [CH-]=C(C)c1ccccc1.[CH3-].[Zr+4].c1cc[cH-]c1.c1ccc2c(c1)[cH-]c1ccccc12. The van der Waals surface area contributed by atoms with Crippen molar-refractivity contribution in [3.05, 3.63) is 135 Å². The molecule has 0 nitrogen and oxygen atoms in total. The van der Waals surface area contributed by atoms with Crippen molar-refractivity contribution >= 4 is 27.1 Å². The van der Waals surface area contributed by atoms with Crippen LogP contribution >= 0.6 is 0 Å². The maximum atomic E-state index is 5.53. The first-order valence-corrected chi connectivity index (χ1v) is 9.10. The molecule has 0 amide bonds. The second-order valence-electron chi connectivity index (χ2n) is 6.33. The zero-order valence-electron chi connectivity index (χ0n) is 17.0. The number of fused-ring (bicyclic) bond motifs is 3. The van der Waals surface area contributed by atoms with E-state index in [0.717, 1.165) is 11.1 Å². The van der Waals surface area contributed by atoms with Crippen molar-refractivity contribution in [3.8, 4) is 0 Å². The van der Waals surface area contributed by atoms with E-state index in [-0.39, 0.29) is 33.6 Å². The monoisotopic (exact) mass is 452 g/mol. The van der Waals surface area contributed by atoms with Crippen molar-refractivity contribution in [1.82, 2.24) is 0 Å². The molecule has 0 heterocycles. The van der Waals surface area contributed by atoms with E-state index in [1.165, 1.54) is 21.5 Å². The van der Waals surface area contributed by atoms with E-state index in [0.29, 0.717) is 0 Å². The first kappa shape index (κ1) is 24.5. The van der Waals surface area contributed by atoms with E-state index in [4.69, 9.17) is 6.58 Å². The Hall–Kier alpha value is -2.50. The molecule has 0 radical (unpaired) electrons. The normalized spacial score (nSPS) is 9.14. The van der Waals surface area contributed by atoms with Crippen LogP contribution in [0, 0.1) is 14.0 Å². The molecule has 0 fully saturated rings. The van der Waals surface area contributed by atoms with E-state index in [2.05, 4.69) is 54.6 Å². The largest absolute Gasteiger partial charge is 4.00 e. The van der Waals surface area contributed by atoms with Gasteiger partial charge in [-0.3, -0.25) is 6.58 Å². The minimum atomic E-state index is 0. The summed E-state index contributed by atoms with van der Waals surface area (Å²) < 4.78 is 0. The standard InChI is InChI=1S/C13H9.C9H9.C5H5.CH3.Zr/c1-3-7-12-10(5-1)9-11-6-2-4-8-13(11)12;1-8(2)9-6-4-3-5-7-9;1-2-4-5-3-1;;/h1-9H;1,3-7H,2H3;1-5H;1H3;/q4*-1;+4. The van der Waals surface area contributed by atoms with Crippen molar-refractivity contribution < 1.29 is 26.2 Å². The van der Waals surface area contributed by atoms with Crippen LogP contribution in [-0.4, -0.2) is 0 Å². The van der Waals surface area contributed by atoms with Crippen LogP contribution in [0.1, 0.15) is 12.5 Å². The zero-order chi connectivity index (χ0) is 18.9. The number of hydrogen-bond donors (Lipinski definition) is 0. The summed E-state index contributed by atoms with van der Waals surface area (Å²) in [5.74, 6) is 0. The Morgan fingerprint density at radius 1 is 0.655 bits per heavy atom. The van der Waals surface area contributed by atoms with Gasteiger partial charge in [0.25, 0.3) is 0 Å². The summed E-state index contributed by atoms with van der Waals surface area (Å²) >= 11 is 0. The molecule has 142 valence electrons. The third-order valence-electron chi connectivity index (χ3n) is 4.31. The Bertz CT molecular complexity index is 1020. The van der Waals surface area contributed by atoms with Crippen LogP contribution < -0.4 is 0 Å². The molecule has 5 rings (SSSR count). The summed E-state index contributed by atoms with van der Waals surface area (Å²) in [7, 11) is 0. The molecule has 0 saturated heterocycles. The van der Waals surface area contributed by atoms with Gasteiger partial charge in [0.2, 0.25) is 0 Å². The van der Waals surface area contributed by atoms with E-state index in [9.17, 15) is 0 Å². The molecule has 0 saturated carbocycles. The third-order valence-corrected chi connectivity index (χ3v) is 4.31. The maximum absolute atomic E-state index is 5.53. The molecular formula is C28H26Zr. The van der Waals surface area contributed by atoms with Crippen molar-refractivity contribution in [2.24, 2.45) is 0 Å². The van der Waals surface area contributed by atoms with Crippen LogP contribution in [0.2, 0.25) is 0 Å². The molecule has 0 aliphatic rings. The predicted molar refractivity (Wildman–Crippen MR) is 125 cm³/mol. The average Bonchev–Trinajstić information content (AvgIpc) is 3.41. The van der Waals surface area contributed by atoms with Crippen molar-refractivity contribution in [2.45, 2.75) is 6.92 Å². The smallest absolute Gasteiger partial charge is 0.358 e. The Morgan fingerprint density at radius 3 is 1.48 bits per heavy atom. The first-order chi connectivity index (χ1) is 13.3. The number of allylic oxidation sites excluding steroid dienone is 1. The van der Waals surface area contributed by atoms with Crippen molar-refractivity contribution in [1.29, 1.82) is 0 Å². The van der Waals surface area contributed by atoms with Crippen LogP contribution in [0.4, 0.5) is 0 Å². The molecule has 0 atom stereocenters. The Labute approximate surface area is 194 Å². The molecule has 0 aromatic heterocycles. The third kappa shape index (κ3) is 7.11. The molecule has 0 N–H and O–H groups in total. The topological polar surface area (TPSA) is 0 Å². The van der Waals surface area contributed by atoms with Gasteiger partial charge in [0.1, 0.15) is 0 Å². The van der Waals surface area contributed by atoms with Crippen LogP contribution in [0.15, 0.2) is 115 Å². The summed E-state index contributed by atoms with van der Waals surface area (Å²) in [6.45, 7) is 7.43. The van der Waals surface area contributed by atoms with Gasteiger partial charge in [0.05, 0.1) is 0 Å². The van der Waals surface area contributed by atoms with Crippen LogP contribution in [0.3, 0.4) is 0 Å². The van der Waals surface area contributed by atoms with Gasteiger partial charge >= 0.3 is 26.2 Å². The fourth-order valence-corrected chi connectivity index (χ4v) is 2.93. The number of benzene rings is 3. The van der Waals surface area contributed by atoms with Gasteiger partial charge in [-0.05, 0) is 0 Å². The van der Waals surface area contributed by atoms with Crippen molar-refractivity contribution in [2.75, 3.05) is 0 Å². The molecule has 29 heavy (non-hydrogen) atoms. The van der Waals surface area contributed by atoms with E-state index in [1.807, 2.05) is 67.6 Å². The van der Waals surface area contributed by atoms with Gasteiger partial charge in [-0.25, -0.2) is 17.7 Å². The second-order valence-corrected chi connectivity index (χ2v) is 6.33. The fourth-order valence-electron chi connectivity index (χ4n) is 2.93. The summed E-state index contributed by atoms with van der Waals surface area (Å²) in [4.78, 5) is 0. The molecule has 0 aliphatic carbocycles. The molecule has 0 spiro atoms. The van der Waals surface area contributed by atoms with E-state index in [1.54, 1.807) is 0 Å². The molecule has 5 aromatic rings. The number of hydrogen-bond acceptors (Lipinski definition) is 0. The average molecular weight is 454 g/mol. The van der Waals surface area contributed by atoms with E-state index >= 15 is 0 Å². The Morgan fingerprint density at radius 2 is 1.10 bits per heavy atom. The predicted octanol–water partition coefficient (Wildman–Crippen LogP) is 8.09. The number of rotatable bonds is 1. The Balaban J connectivity index is 0.000000231. The molecule has 0 bridgehead atoms. The molecule has 1 heteroatoms. The molecule has 0 aliphatic heterocycles. The summed E-state index contributed by atoms with van der Waals surface area (Å²) in [5.41, 5.74) is 1.98. The Kier molecular flexibility index (Phi) is 10.9. The minimum absolute atomic E-state index is 0. The van der Waals surface area contributed by atoms with Gasteiger partial charge in [0, 0.05) is 0 Å². The van der Waals surface area contributed by atoms with Gasteiger partial charge in [0.15, 0.2) is 0 Å². The minimum Gasteiger partial charge on any atom is -0.358 e. The van der Waals surface area contributed by atoms with Crippen LogP contribution in [0.25, 0.3) is 27.1 Å². The van der Waals surface area contributed by atoms with Gasteiger partial charge < -0.3 is 7.43 Å². The molecule has 5 aromatic carbocycles. The van der Waals surface area contributed by atoms with Crippen LogP contribution in [0.5, 0.6) is 0 Å². The first-order valence-electron chi connectivity index (χ1n) is 9.10. The van der Waals surface area contributed by atoms with Crippen LogP contribution in [-0.2, 0) is 26.2 Å². The zero-order valence-corrected chi connectivity index (χ0v) is 19.5. The van der Waals surface area contributed by atoms with Crippen molar-refractivity contribution in [3.63, 3.8) is 0 Å². The molecule has 0 unspecified atom stereocenters. The van der Waals surface area contributed by atoms with E-state index < -0.39 is 0 Å². The summed E-state index contributed by atoms with van der Waals surface area (Å²) in [6, 6.07) is 39.2. The summed E-state index contributed by atoms with van der Waals surface area (Å²) in [6.07, 6.45) is 0. The fraction of sp³-hybridized carbons (Fsp3) is 0.0357. The van der Waals surface area contributed by atoms with Gasteiger partial charge in [-0.2, -0.15) is 23.8 Å². The maximum Gasteiger partial charge on any atom is 4.00 e.